The molecule has 0 fully saturated rings. The lowest BCUT2D eigenvalue weighted by Gasteiger charge is -2.12. The Morgan fingerprint density at radius 1 is 0.962 bits per heavy atom. The first kappa shape index (κ1) is 16.3. The van der Waals surface area contributed by atoms with Crippen molar-refractivity contribution >= 4 is 33.9 Å². The zero-order valence-corrected chi connectivity index (χ0v) is 14.7. The molecular weight excluding hydrogens is 348 g/mol. The highest BCUT2D eigenvalue weighted by Crippen LogP contribution is 2.33. The van der Waals surface area contributed by atoms with E-state index in [4.69, 9.17) is 16.3 Å². The fourth-order valence-corrected chi connectivity index (χ4v) is 2.96. The van der Waals surface area contributed by atoms with Crippen LogP contribution in [0.15, 0.2) is 67.0 Å². The summed E-state index contributed by atoms with van der Waals surface area (Å²) in [6, 6.07) is 17.1. The van der Waals surface area contributed by atoms with Crippen LogP contribution in [0.3, 0.4) is 0 Å². The predicted octanol–water partition coefficient (Wildman–Crippen LogP) is 5.10. The highest BCUT2D eigenvalue weighted by molar-refractivity contribution is 6.30. The van der Waals surface area contributed by atoms with Crippen LogP contribution in [0.5, 0.6) is 5.75 Å². The Hall–Kier alpha value is -3.18. The summed E-state index contributed by atoms with van der Waals surface area (Å²) in [4.78, 5) is 4.18. The summed E-state index contributed by atoms with van der Waals surface area (Å²) in [5, 5.41) is 14.6. The average molecular weight is 363 g/mol. The molecule has 128 valence electrons. The maximum Gasteiger partial charge on any atom is 0.161 e. The number of ether oxygens (including phenoxy) is 1. The zero-order valence-electron chi connectivity index (χ0n) is 14.0. The molecule has 0 atom stereocenters. The number of fused-ring (bicyclic) bond motifs is 1. The molecule has 1 N–H and O–H groups in total. The molecule has 2 aromatic heterocycles. The summed E-state index contributed by atoms with van der Waals surface area (Å²) < 4.78 is 5.39. The van der Waals surface area contributed by atoms with Gasteiger partial charge in [-0.05, 0) is 48.5 Å². The van der Waals surface area contributed by atoms with Crippen molar-refractivity contribution in [3.05, 3.63) is 72.0 Å². The highest BCUT2D eigenvalue weighted by Gasteiger charge is 2.13. The summed E-state index contributed by atoms with van der Waals surface area (Å²) in [5.74, 6) is 1.40. The van der Waals surface area contributed by atoms with Crippen LogP contribution in [0.2, 0.25) is 5.02 Å². The largest absolute Gasteiger partial charge is 0.497 e. The SMILES string of the molecule is COc1ccc2c(Nc3cccc(Cl)c3)nnc(-c3cccnc3)c2c1. The van der Waals surface area contributed by atoms with Gasteiger partial charge in [-0.1, -0.05) is 17.7 Å². The number of nitrogens with one attached hydrogen (secondary N) is 1. The second-order valence-electron chi connectivity index (χ2n) is 5.69. The molecule has 5 nitrogen and oxygen atoms in total. The topological polar surface area (TPSA) is 59.9 Å². The number of nitrogens with zero attached hydrogens (tertiary/aromatic N) is 3. The van der Waals surface area contributed by atoms with Crippen molar-refractivity contribution in [2.75, 3.05) is 12.4 Å². The molecule has 0 aliphatic carbocycles. The van der Waals surface area contributed by atoms with Gasteiger partial charge in [0.1, 0.15) is 11.4 Å². The quantitative estimate of drug-likeness (QED) is 0.547. The number of anilines is 2. The fourth-order valence-electron chi connectivity index (χ4n) is 2.77. The van der Waals surface area contributed by atoms with Gasteiger partial charge in [-0.2, -0.15) is 0 Å². The van der Waals surface area contributed by atoms with Gasteiger partial charge >= 0.3 is 0 Å². The first-order valence-electron chi connectivity index (χ1n) is 8.02. The van der Waals surface area contributed by atoms with Crippen LogP contribution < -0.4 is 10.1 Å². The first-order chi connectivity index (χ1) is 12.7. The van der Waals surface area contributed by atoms with Gasteiger partial charge in [0.2, 0.25) is 0 Å². The Labute approximate surface area is 155 Å². The van der Waals surface area contributed by atoms with E-state index in [0.29, 0.717) is 10.8 Å². The number of hydrogen-bond acceptors (Lipinski definition) is 5. The second kappa shape index (κ2) is 6.98. The third-order valence-electron chi connectivity index (χ3n) is 4.01. The minimum Gasteiger partial charge on any atom is -0.497 e. The van der Waals surface area contributed by atoms with E-state index in [2.05, 4.69) is 20.5 Å². The average Bonchev–Trinajstić information content (AvgIpc) is 2.68. The number of hydrogen-bond donors (Lipinski definition) is 1. The van der Waals surface area contributed by atoms with Gasteiger partial charge in [0.05, 0.1) is 7.11 Å². The van der Waals surface area contributed by atoms with E-state index in [1.165, 1.54) is 0 Å². The van der Waals surface area contributed by atoms with Gasteiger partial charge in [-0.25, -0.2) is 0 Å². The third kappa shape index (κ3) is 3.17. The lowest BCUT2D eigenvalue weighted by atomic mass is 10.1. The van der Waals surface area contributed by atoms with E-state index >= 15 is 0 Å². The van der Waals surface area contributed by atoms with Crippen molar-refractivity contribution in [2.24, 2.45) is 0 Å². The Kier molecular flexibility index (Phi) is 4.37. The van der Waals surface area contributed by atoms with Crippen molar-refractivity contribution in [3.8, 4) is 17.0 Å². The van der Waals surface area contributed by atoms with Crippen molar-refractivity contribution in [2.45, 2.75) is 0 Å². The molecule has 0 radical (unpaired) electrons. The Morgan fingerprint density at radius 2 is 1.88 bits per heavy atom. The lowest BCUT2D eigenvalue weighted by molar-refractivity contribution is 0.415. The molecule has 0 saturated heterocycles. The van der Waals surface area contributed by atoms with Gasteiger partial charge < -0.3 is 10.1 Å². The monoisotopic (exact) mass is 362 g/mol. The van der Waals surface area contributed by atoms with Crippen LogP contribution in [0, 0.1) is 0 Å². The van der Waals surface area contributed by atoms with Gasteiger partial charge in [-0.15, -0.1) is 10.2 Å². The molecule has 0 spiro atoms. The number of benzene rings is 2. The maximum atomic E-state index is 6.07. The van der Waals surface area contributed by atoms with Crippen LogP contribution in [-0.4, -0.2) is 22.3 Å². The molecule has 2 heterocycles. The lowest BCUT2D eigenvalue weighted by Crippen LogP contribution is -1.99. The van der Waals surface area contributed by atoms with Gasteiger partial charge in [0.25, 0.3) is 0 Å². The fraction of sp³-hybridized carbons (Fsp3) is 0.0500. The molecule has 0 aliphatic heterocycles. The smallest absolute Gasteiger partial charge is 0.161 e. The van der Waals surface area contributed by atoms with Crippen LogP contribution in [0.4, 0.5) is 11.5 Å². The first-order valence-corrected chi connectivity index (χ1v) is 8.40. The summed E-state index contributed by atoms with van der Waals surface area (Å²) in [7, 11) is 1.64. The van der Waals surface area contributed by atoms with Crippen LogP contribution >= 0.6 is 11.6 Å². The molecule has 2 aromatic carbocycles. The molecule has 0 bridgehead atoms. The van der Waals surface area contributed by atoms with E-state index in [-0.39, 0.29) is 0 Å². The minimum absolute atomic E-state index is 0.651. The Bertz CT molecular complexity index is 1070. The molecule has 4 rings (SSSR count). The van der Waals surface area contributed by atoms with E-state index in [1.807, 2.05) is 54.6 Å². The van der Waals surface area contributed by atoms with Crippen molar-refractivity contribution < 1.29 is 4.74 Å². The summed E-state index contributed by atoms with van der Waals surface area (Å²) in [6.07, 6.45) is 3.50. The molecule has 0 amide bonds. The highest BCUT2D eigenvalue weighted by atomic mass is 35.5. The maximum absolute atomic E-state index is 6.07. The molecule has 0 saturated carbocycles. The van der Waals surface area contributed by atoms with Gasteiger partial charge in [0.15, 0.2) is 5.82 Å². The molecule has 6 heteroatoms. The van der Waals surface area contributed by atoms with Crippen LogP contribution in [0.1, 0.15) is 0 Å². The van der Waals surface area contributed by atoms with Gasteiger partial charge in [0, 0.05) is 39.4 Å². The van der Waals surface area contributed by atoms with Crippen LogP contribution in [-0.2, 0) is 0 Å². The summed E-state index contributed by atoms with van der Waals surface area (Å²) in [5.41, 5.74) is 2.49. The Balaban J connectivity index is 1.88. The third-order valence-corrected chi connectivity index (χ3v) is 4.24. The standard InChI is InChI=1S/C20H15ClN4O/c1-26-16-7-8-17-18(11-16)19(13-4-3-9-22-12-13)24-25-20(17)23-15-6-2-5-14(21)10-15/h2-12H,1H3,(H,23,25). The van der Waals surface area contributed by atoms with Crippen LogP contribution in [0.25, 0.3) is 22.0 Å². The number of aromatic nitrogens is 3. The molecule has 4 aromatic rings. The summed E-state index contributed by atoms with van der Waals surface area (Å²) >= 11 is 6.07. The number of rotatable bonds is 4. The molecule has 0 unspecified atom stereocenters. The summed E-state index contributed by atoms with van der Waals surface area (Å²) in [6.45, 7) is 0. The predicted molar refractivity (Wildman–Crippen MR) is 104 cm³/mol. The Morgan fingerprint density at radius 3 is 2.65 bits per heavy atom. The normalized spacial score (nSPS) is 10.7. The molecular formula is C20H15ClN4O. The molecule has 26 heavy (non-hydrogen) atoms. The number of halogens is 1. The van der Waals surface area contributed by atoms with E-state index in [1.54, 1.807) is 19.5 Å². The van der Waals surface area contributed by atoms with Gasteiger partial charge in [-0.3, -0.25) is 4.98 Å². The minimum atomic E-state index is 0.651. The van der Waals surface area contributed by atoms with Crippen molar-refractivity contribution in [3.63, 3.8) is 0 Å². The second-order valence-corrected chi connectivity index (χ2v) is 6.12. The number of pyridine rings is 1. The van der Waals surface area contributed by atoms with E-state index in [0.717, 1.165) is 33.5 Å². The van der Waals surface area contributed by atoms with E-state index in [9.17, 15) is 0 Å². The number of methoxy groups -OCH3 is 1. The van der Waals surface area contributed by atoms with Crippen molar-refractivity contribution in [1.82, 2.24) is 15.2 Å². The molecule has 0 aliphatic rings. The van der Waals surface area contributed by atoms with E-state index < -0.39 is 0 Å². The zero-order chi connectivity index (χ0) is 17.9. The van der Waals surface area contributed by atoms with Crippen molar-refractivity contribution in [1.29, 1.82) is 0 Å².